The summed E-state index contributed by atoms with van der Waals surface area (Å²) in [5, 5.41) is 3.64. The first-order chi connectivity index (χ1) is 9.99. The van der Waals surface area contributed by atoms with Gasteiger partial charge >= 0.3 is 0 Å². The number of hydrogen-bond acceptors (Lipinski definition) is 3. The monoisotopic (exact) mass is 295 g/mol. The fourth-order valence-corrected chi connectivity index (χ4v) is 4.04. The van der Waals surface area contributed by atoms with E-state index in [1.165, 1.54) is 38.9 Å². The van der Waals surface area contributed by atoms with Gasteiger partial charge < -0.3 is 5.32 Å². The molecule has 1 N–H and O–H groups in total. The van der Waals surface area contributed by atoms with Crippen LogP contribution in [0, 0.1) is 11.8 Å². The fourth-order valence-electron chi connectivity index (χ4n) is 4.04. The van der Waals surface area contributed by atoms with Gasteiger partial charge in [0.1, 0.15) is 0 Å². The van der Waals surface area contributed by atoms with Crippen molar-refractivity contribution in [2.45, 2.75) is 72.0 Å². The number of nitrogens with one attached hydrogen (secondary N) is 1. The quantitative estimate of drug-likeness (QED) is 0.813. The molecule has 0 saturated carbocycles. The number of piperidine rings is 1. The highest BCUT2D eigenvalue weighted by Gasteiger charge is 2.35. The Bertz CT molecular complexity index is 305. The number of hydrogen-bond donors (Lipinski definition) is 1. The van der Waals surface area contributed by atoms with Crippen LogP contribution in [0.5, 0.6) is 0 Å². The minimum Gasteiger partial charge on any atom is -0.316 e. The van der Waals surface area contributed by atoms with Gasteiger partial charge in [-0.3, -0.25) is 9.80 Å². The van der Waals surface area contributed by atoms with Crippen molar-refractivity contribution in [1.29, 1.82) is 0 Å². The Balaban J connectivity index is 1.84. The lowest BCUT2D eigenvalue weighted by Gasteiger charge is -2.50. The Morgan fingerprint density at radius 2 is 1.81 bits per heavy atom. The zero-order valence-corrected chi connectivity index (χ0v) is 14.9. The van der Waals surface area contributed by atoms with E-state index in [1.807, 2.05) is 0 Å². The molecule has 0 bridgehead atoms. The Labute approximate surface area is 132 Å². The van der Waals surface area contributed by atoms with Gasteiger partial charge in [0.05, 0.1) is 0 Å². The highest BCUT2D eigenvalue weighted by molar-refractivity contribution is 4.92. The average Bonchev–Trinajstić information content (AvgIpc) is 2.45. The first kappa shape index (κ1) is 17.2. The van der Waals surface area contributed by atoms with Crippen molar-refractivity contribution in [2.75, 3.05) is 32.7 Å². The van der Waals surface area contributed by atoms with Crippen LogP contribution in [-0.4, -0.2) is 60.6 Å². The summed E-state index contributed by atoms with van der Waals surface area (Å²) in [4.78, 5) is 5.53. The minimum atomic E-state index is 0.684. The van der Waals surface area contributed by atoms with E-state index in [1.54, 1.807) is 0 Å². The van der Waals surface area contributed by atoms with Gasteiger partial charge in [-0.15, -0.1) is 0 Å². The molecule has 2 saturated heterocycles. The number of rotatable bonds is 6. The molecule has 4 atom stereocenters. The highest BCUT2D eigenvalue weighted by atomic mass is 15.3. The highest BCUT2D eigenvalue weighted by Crippen LogP contribution is 2.26. The van der Waals surface area contributed by atoms with E-state index >= 15 is 0 Å². The third-order valence-electron chi connectivity index (χ3n) is 5.60. The molecule has 0 aliphatic carbocycles. The second-order valence-electron chi connectivity index (χ2n) is 7.96. The van der Waals surface area contributed by atoms with Gasteiger partial charge in [-0.05, 0) is 58.2 Å². The van der Waals surface area contributed by atoms with E-state index in [4.69, 9.17) is 0 Å². The zero-order chi connectivity index (χ0) is 15.4. The maximum atomic E-state index is 3.64. The maximum Gasteiger partial charge on any atom is 0.0224 e. The molecule has 0 aromatic rings. The molecule has 0 radical (unpaired) electrons. The van der Waals surface area contributed by atoms with Gasteiger partial charge in [0.25, 0.3) is 0 Å². The fraction of sp³-hybridized carbons (Fsp3) is 1.00. The van der Waals surface area contributed by atoms with Crippen molar-refractivity contribution in [2.24, 2.45) is 11.8 Å². The van der Waals surface area contributed by atoms with Gasteiger partial charge in [-0.25, -0.2) is 0 Å². The molecule has 4 unspecified atom stereocenters. The van der Waals surface area contributed by atoms with Gasteiger partial charge in [-0.2, -0.15) is 0 Å². The number of piperazine rings is 1. The average molecular weight is 296 g/mol. The van der Waals surface area contributed by atoms with E-state index in [2.05, 4.69) is 49.7 Å². The summed E-state index contributed by atoms with van der Waals surface area (Å²) in [5.74, 6) is 1.47. The largest absolute Gasteiger partial charge is 0.316 e. The second-order valence-corrected chi connectivity index (χ2v) is 7.96. The zero-order valence-electron chi connectivity index (χ0n) is 14.9. The van der Waals surface area contributed by atoms with Crippen LogP contribution >= 0.6 is 0 Å². The van der Waals surface area contributed by atoms with Crippen molar-refractivity contribution in [3.8, 4) is 0 Å². The lowest BCUT2D eigenvalue weighted by molar-refractivity contribution is -0.0153. The van der Waals surface area contributed by atoms with Gasteiger partial charge in [0, 0.05) is 31.2 Å². The van der Waals surface area contributed by atoms with Crippen molar-refractivity contribution in [3.63, 3.8) is 0 Å². The standard InChI is InChI=1S/C18H37N3/c1-14(2)10-19-11-15(3)17(5)21-13-18-8-6-7-9-20(18)12-16(21)4/h14-19H,6-13H2,1-5H3. The summed E-state index contributed by atoms with van der Waals surface area (Å²) in [5.41, 5.74) is 0. The van der Waals surface area contributed by atoms with Crippen LogP contribution in [0.2, 0.25) is 0 Å². The molecule has 124 valence electrons. The lowest BCUT2D eigenvalue weighted by atomic mass is 9.93. The smallest absolute Gasteiger partial charge is 0.0224 e. The molecule has 2 rings (SSSR count). The molecule has 3 nitrogen and oxygen atoms in total. The van der Waals surface area contributed by atoms with E-state index in [0.29, 0.717) is 12.1 Å². The minimum absolute atomic E-state index is 0.684. The van der Waals surface area contributed by atoms with E-state index in [9.17, 15) is 0 Å². The summed E-state index contributed by atoms with van der Waals surface area (Å²) < 4.78 is 0. The van der Waals surface area contributed by atoms with E-state index < -0.39 is 0 Å². The third kappa shape index (κ3) is 4.67. The predicted octanol–water partition coefficient (Wildman–Crippen LogP) is 2.82. The van der Waals surface area contributed by atoms with E-state index in [-0.39, 0.29) is 0 Å². The summed E-state index contributed by atoms with van der Waals surface area (Å²) >= 11 is 0. The van der Waals surface area contributed by atoms with Crippen LogP contribution in [-0.2, 0) is 0 Å². The summed E-state index contributed by atoms with van der Waals surface area (Å²) in [7, 11) is 0. The van der Waals surface area contributed by atoms with E-state index in [0.717, 1.165) is 31.0 Å². The van der Waals surface area contributed by atoms with Crippen LogP contribution in [0.1, 0.15) is 53.9 Å². The van der Waals surface area contributed by atoms with Crippen LogP contribution in [0.4, 0.5) is 0 Å². The van der Waals surface area contributed by atoms with Crippen LogP contribution in [0.15, 0.2) is 0 Å². The lowest BCUT2D eigenvalue weighted by Crippen LogP contribution is -2.61. The first-order valence-corrected chi connectivity index (χ1v) is 9.19. The Kier molecular flexibility index (Phi) is 6.51. The number of fused-ring (bicyclic) bond motifs is 1. The molecule has 21 heavy (non-hydrogen) atoms. The molecule has 0 spiro atoms. The molecular weight excluding hydrogens is 258 g/mol. The van der Waals surface area contributed by atoms with Crippen molar-refractivity contribution in [3.05, 3.63) is 0 Å². The summed E-state index contributed by atoms with van der Waals surface area (Å²) in [6.45, 7) is 18.0. The van der Waals surface area contributed by atoms with Crippen molar-refractivity contribution in [1.82, 2.24) is 15.1 Å². The predicted molar refractivity (Wildman–Crippen MR) is 91.7 cm³/mol. The molecule has 3 heteroatoms. The number of nitrogens with zero attached hydrogens (tertiary/aromatic N) is 2. The Morgan fingerprint density at radius 1 is 1.05 bits per heavy atom. The molecule has 0 aromatic carbocycles. The van der Waals surface area contributed by atoms with Gasteiger partial charge in [0.2, 0.25) is 0 Å². The van der Waals surface area contributed by atoms with Gasteiger partial charge in [0.15, 0.2) is 0 Å². The molecule has 0 amide bonds. The molecule has 0 aromatic heterocycles. The summed E-state index contributed by atoms with van der Waals surface area (Å²) in [6.07, 6.45) is 4.26. The van der Waals surface area contributed by atoms with Crippen molar-refractivity contribution >= 4 is 0 Å². The normalized spacial score (nSPS) is 31.1. The molecule has 2 heterocycles. The first-order valence-electron chi connectivity index (χ1n) is 9.19. The van der Waals surface area contributed by atoms with Crippen LogP contribution in [0.3, 0.4) is 0 Å². The maximum absolute atomic E-state index is 3.64. The van der Waals surface area contributed by atoms with Crippen LogP contribution in [0.25, 0.3) is 0 Å². The molecule has 2 fully saturated rings. The summed E-state index contributed by atoms with van der Waals surface area (Å²) in [6, 6.07) is 2.22. The third-order valence-corrected chi connectivity index (χ3v) is 5.60. The second kappa shape index (κ2) is 7.94. The van der Waals surface area contributed by atoms with Gasteiger partial charge in [-0.1, -0.05) is 27.2 Å². The molecular formula is C18H37N3. The Morgan fingerprint density at radius 3 is 2.52 bits per heavy atom. The topological polar surface area (TPSA) is 18.5 Å². The van der Waals surface area contributed by atoms with Crippen molar-refractivity contribution < 1.29 is 0 Å². The Hall–Kier alpha value is -0.120. The van der Waals surface area contributed by atoms with Crippen LogP contribution < -0.4 is 5.32 Å². The molecule has 2 aliphatic heterocycles. The SMILES string of the molecule is CC(C)CNCC(C)C(C)N1CC2CCCCN2CC1C. The molecule has 2 aliphatic rings.